The number of rotatable bonds is 62. The molecule has 6 nitrogen and oxygen atoms in total. The Hall–Kier alpha value is -3.67. The van der Waals surface area contributed by atoms with Gasteiger partial charge in [0.2, 0.25) is 0 Å². The van der Waals surface area contributed by atoms with Crippen molar-refractivity contribution in [2.45, 2.75) is 341 Å². The summed E-state index contributed by atoms with van der Waals surface area (Å²) in [6.45, 7) is 6.54. The molecule has 0 aromatic heterocycles. The van der Waals surface area contributed by atoms with E-state index in [1.807, 2.05) is 0 Å². The van der Waals surface area contributed by atoms with E-state index >= 15 is 0 Å². The van der Waals surface area contributed by atoms with E-state index in [4.69, 9.17) is 14.2 Å². The van der Waals surface area contributed by atoms with Gasteiger partial charge in [0.1, 0.15) is 13.2 Å². The van der Waals surface area contributed by atoms with Crippen molar-refractivity contribution in [1.82, 2.24) is 0 Å². The van der Waals surface area contributed by atoms with Gasteiger partial charge in [-0.05, 0) is 103 Å². The van der Waals surface area contributed by atoms with Gasteiger partial charge in [-0.25, -0.2) is 0 Å². The molecule has 0 radical (unpaired) electrons. The molecule has 0 amide bonds. The maximum Gasteiger partial charge on any atom is 0.306 e. The highest BCUT2D eigenvalue weighted by Gasteiger charge is 2.19. The van der Waals surface area contributed by atoms with Gasteiger partial charge in [0.25, 0.3) is 0 Å². The quantitative estimate of drug-likeness (QED) is 0.0261. The number of allylic oxidation sites excluding steroid dienone is 16. The second-order valence-electron chi connectivity index (χ2n) is 22.7. The monoisotopic (exact) mass is 1110 g/mol. The third-order valence-electron chi connectivity index (χ3n) is 14.8. The molecule has 0 aliphatic heterocycles. The number of unbranched alkanes of at least 4 members (excludes halogenated alkanes) is 35. The van der Waals surface area contributed by atoms with E-state index in [0.29, 0.717) is 19.3 Å². The van der Waals surface area contributed by atoms with Crippen molar-refractivity contribution >= 4 is 17.9 Å². The number of hydrogen-bond acceptors (Lipinski definition) is 6. The van der Waals surface area contributed by atoms with Crippen LogP contribution in [-0.2, 0) is 28.6 Å². The number of carbonyl (C=O) groups excluding carboxylic acids is 3. The predicted octanol–water partition coefficient (Wildman–Crippen LogP) is 23.6. The molecule has 0 aliphatic carbocycles. The van der Waals surface area contributed by atoms with Gasteiger partial charge in [-0.1, -0.05) is 311 Å². The normalized spacial score (nSPS) is 12.7. The van der Waals surface area contributed by atoms with Crippen molar-refractivity contribution in [2.24, 2.45) is 0 Å². The number of carbonyl (C=O) groups is 3. The van der Waals surface area contributed by atoms with E-state index in [2.05, 4.69) is 118 Å². The fourth-order valence-corrected chi connectivity index (χ4v) is 9.71. The summed E-state index contributed by atoms with van der Waals surface area (Å²) in [5, 5.41) is 0. The Kier molecular flexibility index (Phi) is 64.7. The summed E-state index contributed by atoms with van der Waals surface area (Å²) in [7, 11) is 0. The van der Waals surface area contributed by atoms with Crippen molar-refractivity contribution in [1.29, 1.82) is 0 Å². The molecule has 80 heavy (non-hydrogen) atoms. The minimum Gasteiger partial charge on any atom is -0.462 e. The van der Waals surface area contributed by atoms with Crippen molar-refractivity contribution < 1.29 is 28.6 Å². The SMILES string of the molecule is CC/C=C\C/C=C\C/C=C\C/C=C\C/C=C\CCCCCCCCCC(=O)OCC(COC(=O)CCCCCCCCCCCCCCCCCCCC)OC(=O)CCCCCCCC/C=C\C/C=C\C/C=C\CCCCCCC. The van der Waals surface area contributed by atoms with Crippen LogP contribution in [0.3, 0.4) is 0 Å². The fraction of sp³-hybridized carbons (Fsp3) is 0.743. The standard InChI is InChI=1S/C74H128O6/c1-4-7-10-13-16-19-22-25-28-31-34-36-37-39-40-43-46-49-52-55-58-61-64-67-73(76)79-70-71(69-78-72(75)66-63-60-57-54-51-48-45-42-33-30-27-24-21-18-15-12-9-6-3)80-74(77)68-65-62-59-56-53-50-47-44-41-38-35-32-29-26-23-20-17-14-11-8-5-2/h7,10,16,19,23,25-26,28,32,34-36,39-41,44,71H,4-6,8-9,11-15,17-18,20-22,24,27,29-31,33,37-38,42-43,45-70H2,1-3H3/b10-7-,19-16-,26-23-,28-25-,35-32-,36-34-,40-39-,44-41-. The van der Waals surface area contributed by atoms with Gasteiger partial charge in [0, 0.05) is 19.3 Å². The highest BCUT2D eigenvalue weighted by Crippen LogP contribution is 2.17. The third-order valence-corrected chi connectivity index (χ3v) is 14.8. The Morgan fingerprint density at radius 1 is 0.263 bits per heavy atom. The number of hydrogen-bond donors (Lipinski definition) is 0. The van der Waals surface area contributed by atoms with Crippen LogP contribution in [0.15, 0.2) is 97.2 Å². The van der Waals surface area contributed by atoms with Crippen LogP contribution in [0, 0.1) is 0 Å². The number of ether oxygens (including phenoxy) is 3. The highest BCUT2D eigenvalue weighted by molar-refractivity contribution is 5.71. The summed E-state index contributed by atoms with van der Waals surface area (Å²) < 4.78 is 17.0. The van der Waals surface area contributed by atoms with Gasteiger partial charge in [0.05, 0.1) is 0 Å². The van der Waals surface area contributed by atoms with Crippen molar-refractivity contribution in [3.05, 3.63) is 97.2 Å². The van der Waals surface area contributed by atoms with Gasteiger partial charge in [0.15, 0.2) is 6.10 Å². The van der Waals surface area contributed by atoms with Gasteiger partial charge < -0.3 is 14.2 Å². The molecule has 0 aliphatic rings. The lowest BCUT2D eigenvalue weighted by molar-refractivity contribution is -0.167. The van der Waals surface area contributed by atoms with Crippen LogP contribution in [0.1, 0.15) is 335 Å². The van der Waals surface area contributed by atoms with Crippen LogP contribution in [-0.4, -0.2) is 37.2 Å². The lowest BCUT2D eigenvalue weighted by atomic mass is 10.0. The first-order valence-electron chi connectivity index (χ1n) is 34.2. The van der Waals surface area contributed by atoms with Crippen LogP contribution >= 0.6 is 0 Å². The smallest absolute Gasteiger partial charge is 0.306 e. The molecule has 0 bridgehead atoms. The zero-order valence-electron chi connectivity index (χ0n) is 52.8. The van der Waals surface area contributed by atoms with Gasteiger partial charge in [-0.15, -0.1) is 0 Å². The molecule has 0 spiro atoms. The molecule has 0 N–H and O–H groups in total. The highest BCUT2D eigenvalue weighted by atomic mass is 16.6. The van der Waals surface area contributed by atoms with E-state index in [-0.39, 0.29) is 31.1 Å². The second-order valence-corrected chi connectivity index (χ2v) is 22.7. The molecule has 0 saturated heterocycles. The summed E-state index contributed by atoms with van der Waals surface area (Å²) in [5.41, 5.74) is 0. The molecule has 0 heterocycles. The summed E-state index contributed by atoms with van der Waals surface area (Å²) in [6, 6.07) is 0. The molecule has 0 fully saturated rings. The average Bonchev–Trinajstić information content (AvgIpc) is 3.46. The van der Waals surface area contributed by atoms with Crippen molar-refractivity contribution in [2.75, 3.05) is 13.2 Å². The fourth-order valence-electron chi connectivity index (χ4n) is 9.71. The van der Waals surface area contributed by atoms with E-state index < -0.39 is 6.10 Å². The Labute approximate surface area is 496 Å². The van der Waals surface area contributed by atoms with Crippen LogP contribution in [0.4, 0.5) is 0 Å². The maximum atomic E-state index is 13.0. The van der Waals surface area contributed by atoms with Crippen LogP contribution in [0.5, 0.6) is 0 Å². The first kappa shape index (κ1) is 76.3. The second kappa shape index (κ2) is 67.8. The Bertz CT molecular complexity index is 1560. The molecule has 1 atom stereocenters. The van der Waals surface area contributed by atoms with Crippen LogP contribution in [0.2, 0.25) is 0 Å². The molecular weight excluding hydrogens is 985 g/mol. The van der Waals surface area contributed by atoms with E-state index in [9.17, 15) is 14.4 Å². The molecule has 0 aromatic rings. The maximum absolute atomic E-state index is 13.0. The van der Waals surface area contributed by atoms with E-state index in [0.717, 1.165) is 122 Å². The molecule has 460 valence electrons. The molecule has 1 unspecified atom stereocenters. The molecule has 0 rings (SSSR count). The molecule has 6 heteroatoms. The molecule has 0 aromatic carbocycles. The van der Waals surface area contributed by atoms with Gasteiger partial charge in [-0.3, -0.25) is 14.4 Å². The largest absolute Gasteiger partial charge is 0.462 e. The van der Waals surface area contributed by atoms with E-state index in [1.54, 1.807) is 0 Å². The minimum absolute atomic E-state index is 0.0840. The zero-order chi connectivity index (χ0) is 57.8. The summed E-state index contributed by atoms with van der Waals surface area (Å²) >= 11 is 0. The Morgan fingerprint density at radius 3 is 0.762 bits per heavy atom. The van der Waals surface area contributed by atoms with Gasteiger partial charge in [-0.2, -0.15) is 0 Å². The van der Waals surface area contributed by atoms with E-state index in [1.165, 1.54) is 173 Å². The summed E-state index contributed by atoms with van der Waals surface area (Å²) in [6.07, 6.45) is 91.3. The van der Waals surface area contributed by atoms with Crippen molar-refractivity contribution in [3.8, 4) is 0 Å². The van der Waals surface area contributed by atoms with Crippen LogP contribution in [0.25, 0.3) is 0 Å². The summed E-state index contributed by atoms with van der Waals surface area (Å²) in [5.74, 6) is -0.892. The molecular formula is C74H128O6. The van der Waals surface area contributed by atoms with Crippen molar-refractivity contribution in [3.63, 3.8) is 0 Å². The Morgan fingerprint density at radius 2 is 0.487 bits per heavy atom. The van der Waals surface area contributed by atoms with Gasteiger partial charge >= 0.3 is 17.9 Å². The average molecular weight is 1110 g/mol. The molecule has 0 saturated carbocycles. The van der Waals surface area contributed by atoms with Crippen LogP contribution < -0.4 is 0 Å². The lowest BCUT2D eigenvalue weighted by Crippen LogP contribution is -2.30. The lowest BCUT2D eigenvalue weighted by Gasteiger charge is -2.18. The summed E-state index contributed by atoms with van der Waals surface area (Å²) in [4.78, 5) is 38.5. The third kappa shape index (κ3) is 65.1. The first-order chi connectivity index (χ1) is 39.5. The first-order valence-corrected chi connectivity index (χ1v) is 34.2. The number of esters is 3. The predicted molar refractivity (Wildman–Crippen MR) is 348 cm³/mol. The Balaban J connectivity index is 4.42. The topological polar surface area (TPSA) is 78.9 Å². The zero-order valence-corrected chi connectivity index (χ0v) is 52.8. The minimum atomic E-state index is -0.791.